The van der Waals surface area contributed by atoms with E-state index in [1.807, 2.05) is 0 Å². The van der Waals surface area contributed by atoms with Gasteiger partial charge < -0.3 is 5.32 Å². The van der Waals surface area contributed by atoms with Crippen LogP contribution in [0.1, 0.15) is 22.5 Å². The second-order valence-corrected chi connectivity index (χ2v) is 6.17. The van der Waals surface area contributed by atoms with Gasteiger partial charge in [0.2, 0.25) is 0 Å². The van der Waals surface area contributed by atoms with Crippen molar-refractivity contribution in [2.45, 2.75) is 6.55 Å². The molecule has 2 heterocycles. The van der Waals surface area contributed by atoms with Crippen molar-refractivity contribution in [2.75, 3.05) is 5.32 Å². The number of carbonyl (C=O) groups excluding carboxylic acids is 1. The Kier molecular flexibility index (Phi) is 4.67. The van der Waals surface area contributed by atoms with Gasteiger partial charge in [-0.15, -0.1) is 0 Å². The van der Waals surface area contributed by atoms with Crippen LogP contribution in [0.25, 0.3) is 22.2 Å². The van der Waals surface area contributed by atoms with Crippen LogP contribution in [0.15, 0.2) is 42.7 Å². The molecule has 4 rings (SSSR count). The van der Waals surface area contributed by atoms with E-state index in [4.69, 9.17) is 5.26 Å². The van der Waals surface area contributed by atoms with E-state index in [2.05, 4.69) is 20.6 Å². The van der Waals surface area contributed by atoms with Gasteiger partial charge in [0, 0.05) is 22.8 Å². The van der Waals surface area contributed by atoms with Crippen LogP contribution in [0.3, 0.4) is 0 Å². The molecular weight excluding hydrogens is 404 g/mol. The first-order valence-corrected chi connectivity index (χ1v) is 8.39. The van der Waals surface area contributed by atoms with Gasteiger partial charge in [-0.1, -0.05) is 0 Å². The van der Waals surface area contributed by atoms with Gasteiger partial charge in [0.25, 0.3) is 5.91 Å². The molecule has 0 aliphatic heterocycles. The molecular formula is C19H10F4N6O. The number of anilines is 1. The molecule has 2 aromatic heterocycles. The van der Waals surface area contributed by atoms with Crippen LogP contribution in [0.5, 0.6) is 0 Å². The topological polar surface area (TPSA) is 99.4 Å². The van der Waals surface area contributed by atoms with Crippen LogP contribution >= 0.6 is 0 Å². The van der Waals surface area contributed by atoms with Crippen molar-refractivity contribution < 1.29 is 22.4 Å². The number of nitrogens with one attached hydrogen (secondary N) is 2. The molecule has 0 fully saturated rings. The van der Waals surface area contributed by atoms with Crippen LogP contribution in [-0.2, 0) is 0 Å². The Hall–Kier alpha value is -4.20. The summed E-state index contributed by atoms with van der Waals surface area (Å²) in [5.74, 6) is -3.47. The summed E-state index contributed by atoms with van der Waals surface area (Å²) in [5.41, 5.74) is -0.0280. The van der Waals surface area contributed by atoms with Crippen molar-refractivity contribution in [3.05, 3.63) is 65.5 Å². The number of aromatic amines is 1. The second-order valence-electron chi connectivity index (χ2n) is 6.17. The van der Waals surface area contributed by atoms with E-state index in [9.17, 15) is 22.4 Å². The average molecular weight is 414 g/mol. The van der Waals surface area contributed by atoms with Crippen LogP contribution in [0, 0.1) is 23.0 Å². The number of rotatable bonds is 4. The van der Waals surface area contributed by atoms with Gasteiger partial charge in [-0.3, -0.25) is 9.89 Å². The molecule has 0 saturated carbocycles. The molecule has 0 bridgehead atoms. The van der Waals surface area contributed by atoms with Crippen LogP contribution in [0.4, 0.5) is 23.2 Å². The Morgan fingerprint density at radius 3 is 2.73 bits per heavy atom. The molecule has 2 aromatic carbocycles. The molecule has 0 atom stereocenters. The molecule has 11 heteroatoms. The van der Waals surface area contributed by atoms with Crippen molar-refractivity contribution in [1.29, 1.82) is 5.26 Å². The van der Waals surface area contributed by atoms with E-state index in [0.717, 1.165) is 18.3 Å². The largest absolute Gasteiger partial charge is 0.333 e. The highest BCUT2D eigenvalue weighted by Crippen LogP contribution is 2.29. The summed E-state index contributed by atoms with van der Waals surface area (Å²) in [5, 5.41) is 22.1. The Morgan fingerprint density at radius 1 is 1.23 bits per heavy atom. The van der Waals surface area contributed by atoms with Gasteiger partial charge >= 0.3 is 6.55 Å². The Labute approximate surface area is 165 Å². The standard InChI is InChI=1S/C19H10F4N6O/c20-13-3-1-9(6-24)16(21)15(13)18(30)26-11-2-4-14-12(5-11)17(28-27-14)10-7-25-29(8-10)19(22)23/h1-5,7-8,19H,(H,26,30)(H,27,28). The van der Waals surface area contributed by atoms with Gasteiger partial charge in [0.1, 0.15) is 23.1 Å². The number of H-pyrrole nitrogens is 1. The number of carbonyl (C=O) groups is 1. The highest BCUT2D eigenvalue weighted by Gasteiger charge is 2.21. The van der Waals surface area contributed by atoms with E-state index in [-0.39, 0.29) is 5.69 Å². The fraction of sp³-hybridized carbons (Fsp3) is 0.0526. The first-order valence-electron chi connectivity index (χ1n) is 8.39. The third-order valence-corrected chi connectivity index (χ3v) is 4.33. The fourth-order valence-corrected chi connectivity index (χ4v) is 2.92. The van der Waals surface area contributed by atoms with E-state index in [1.165, 1.54) is 18.3 Å². The minimum atomic E-state index is -2.81. The number of fused-ring (bicyclic) bond motifs is 1. The zero-order chi connectivity index (χ0) is 21.4. The first kappa shape index (κ1) is 19.1. The van der Waals surface area contributed by atoms with Crippen LogP contribution in [0.2, 0.25) is 0 Å². The number of nitriles is 1. The number of hydrogen-bond donors (Lipinski definition) is 2. The summed E-state index contributed by atoms with van der Waals surface area (Å²) < 4.78 is 54.2. The lowest BCUT2D eigenvalue weighted by Crippen LogP contribution is -2.16. The Balaban J connectivity index is 1.69. The number of hydrogen-bond acceptors (Lipinski definition) is 4. The van der Waals surface area contributed by atoms with Gasteiger partial charge in [0.15, 0.2) is 5.82 Å². The lowest BCUT2D eigenvalue weighted by atomic mass is 10.1. The number of alkyl halides is 2. The second kappa shape index (κ2) is 7.32. The maximum Gasteiger partial charge on any atom is 0.333 e. The highest BCUT2D eigenvalue weighted by atomic mass is 19.3. The van der Waals surface area contributed by atoms with E-state index in [1.54, 1.807) is 12.1 Å². The molecule has 0 unspecified atom stereocenters. The summed E-state index contributed by atoms with van der Waals surface area (Å²) in [6.45, 7) is -2.81. The summed E-state index contributed by atoms with van der Waals surface area (Å²) in [7, 11) is 0. The molecule has 2 N–H and O–H groups in total. The number of halogens is 4. The molecule has 30 heavy (non-hydrogen) atoms. The monoisotopic (exact) mass is 414 g/mol. The lowest BCUT2D eigenvalue weighted by Gasteiger charge is -2.08. The molecule has 4 aromatic rings. The molecule has 0 spiro atoms. The number of nitrogens with zero attached hydrogens (tertiary/aromatic N) is 4. The molecule has 150 valence electrons. The quantitative estimate of drug-likeness (QED) is 0.489. The van der Waals surface area contributed by atoms with Crippen molar-refractivity contribution in [3.63, 3.8) is 0 Å². The van der Waals surface area contributed by atoms with E-state index in [0.29, 0.717) is 26.8 Å². The third-order valence-electron chi connectivity index (χ3n) is 4.33. The number of benzene rings is 2. The van der Waals surface area contributed by atoms with Crippen molar-refractivity contribution >= 4 is 22.5 Å². The lowest BCUT2D eigenvalue weighted by molar-refractivity contribution is 0.0566. The SMILES string of the molecule is N#Cc1ccc(F)c(C(=O)Nc2ccc3[nH]nc(-c4cnn(C(F)F)c4)c3c2)c1F. The minimum absolute atomic E-state index is 0.178. The van der Waals surface area contributed by atoms with Gasteiger partial charge in [-0.2, -0.15) is 24.2 Å². The zero-order valence-corrected chi connectivity index (χ0v) is 14.8. The Bertz CT molecular complexity index is 1320. The smallest absolute Gasteiger partial charge is 0.322 e. The minimum Gasteiger partial charge on any atom is -0.322 e. The zero-order valence-electron chi connectivity index (χ0n) is 14.8. The van der Waals surface area contributed by atoms with Gasteiger partial charge in [-0.05, 0) is 30.3 Å². The maximum absolute atomic E-state index is 14.2. The molecule has 0 aliphatic rings. The molecule has 0 radical (unpaired) electrons. The molecule has 0 aliphatic carbocycles. The summed E-state index contributed by atoms with van der Waals surface area (Å²) in [4.78, 5) is 12.4. The van der Waals surface area contributed by atoms with Gasteiger partial charge in [0.05, 0.1) is 17.3 Å². The molecule has 7 nitrogen and oxygen atoms in total. The van der Waals surface area contributed by atoms with Gasteiger partial charge in [-0.25, -0.2) is 13.5 Å². The normalized spacial score (nSPS) is 11.1. The maximum atomic E-state index is 14.2. The molecule has 0 saturated heterocycles. The van der Waals surface area contributed by atoms with Crippen LogP contribution in [-0.4, -0.2) is 25.9 Å². The summed E-state index contributed by atoms with van der Waals surface area (Å²) in [6, 6.07) is 7.79. The Morgan fingerprint density at radius 2 is 2.03 bits per heavy atom. The summed E-state index contributed by atoms with van der Waals surface area (Å²) in [6.07, 6.45) is 2.33. The average Bonchev–Trinajstić information content (AvgIpc) is 3.35. The number of aromatic nitrogens is 4. The van der Waals surface area contributed by atoms with E-state index < -0.39 is 35.2 Å². The first-order chi connectivity index (χ1) is 14.4. The fourth-order valence-electron chi connectivity index (χ4n) is 2.92. The highest BCUT2D eigenvalue weighted by molar-refractivity contribution is 6.06. The van der Waals surface area contributed by atoms with Crippen molar-refractivity contribution in [1.82, 2.24) is 20.0 Å². The van der Waals surface area contributed by atoms with Crippen molar-refractivity contribution in [2.24, 2.45) is 0 Å². The van der Waals surface area contributed by atoms with E-state index >= 15 is 0 Å². The van der Waals surface area contributed by atoms with Crippen molar-refractivity contribution in [3.8, 4) is 17.3 Å². The third kappa shape index (κ3) is 3.24. The predicted molar refractivity (Wildman–Crippen MR) is 97.6 cm³/mol. The number of amides is 1. The predicted octanol–water partition coefficient (Wildman–Crippen LogP) is 4.22. The summed E-state index contributed by atoms with van der Waals surface area (Å²) >= 11 is 0. The molecule has 1 amide bonds. The van der Waals surface area contributed by atoms with Crippen LogP contribution < -0.4 is 5.32 Å².